The Labute approximate surface area is 168 Å². The fourth-order valence-corrected chi connectivity index (χ4v) is 3.62. The van der Waals surface area contributed by atoms with E-state index in [9.17, 15) is 14.9 Å². The molecule has 2 aromatic carbocycles. The minimum atomic E-state index is -0.444. The van der Waals surface area contributed by atoms with E-state index >= 15 is 0 Å². The zero-order valence-electron chi connectivity index (χ0n) is 13.5. The van der Waals surface area contributed by atoms with Gasteiger partial charge in [-0.15, -0.1) is 0 Å². The fourth-order valence-electron chi connectivity index (χ4n) is 2.89. The van der Waals surface area contributed by atoms with Crippen molar-refractivity contribution in [3.8, 4) is 0 Å². The minimum absolute atomic E-state index is 0.0349. The molecule has 0 radical (unpaired) electrons. The second-order valence-corrected chi connectivity index (χ2v) is 7.55. The fraction of sp³-hybridized carbons (Fsp3) is 0.235. The van der Waals surface area contributed by atoms with Crippen molar-refractivity contribution >= 4 is 56.4 Å². The van der Waals surface area contributed by atoms with Crippen LogP contribution in [0.1, 0.15) is 10.4 Å². The van der Waals surface area contributed by atoms with E-state index in [0.717, 1.165) is 4.47 Å². The standard InChI is InChI=1S/C17H14BrCl2N3O3/c18-11-1-3-14(20)13(9-11)17(24)22-7-5-21(6-8-22)15-4-2-12(19)10-16(15)23(25)26/h1-4,9-10H,5-8H2. The average molecular weight is 459 g/mol. The Bertz CT molecular complexity index is 870. The van der Waals surface area contributed by atoms with Crippen LogP contribution in [-0.4, -0.2) is 41.9 Å². The molecule has 0 spiro atoms. The molecule has 0 N–H and O–H groups in total. The number of nitrogens with zero attached hydrogens (tertiary/aromatic N) is 3. The highest BCUT2D eigenvalue weighted by molar-refractivity contribution is 9.10. The number of hydrogen-bond donors (Lipinski definition) is 0. The normalized spacial score (nSPS) is 14.4. The smallest absolute Gasteiger partial charge is 0.294 e. The van der Waals surface area contributed by atoms with Crippen LogP contribution in [0.2, 0.25) is 10.0 Å². The van der Waals surface area contributed by atoms with Gasteiger partial charge in [0, 0.05) is 41.7 Å². The largest absolute Gasteiger partial charge is 0.362 e. The summed E-state index contributed by atoms with van der Waals surface area (Å²) in [5.41, 5.74) is 0.909. The molecule has 9 heteroatoms. The van der Waals surface area contributed by atoms with Crippen LogP contribution in [-0.2, 0) is 0 Å². The SMILES string of the molecule is O=C(c1cc(Br)ccc1Cl)N1CCN(c2ccc(Cl)cc2[N+](=O)[O-])CC1. The van der Waals surface area contributed by atoms with Gasteiger partial charge in [0.25, 0.3) is 11.6 Å². The number of carbonyl (C=O) groups excluding carboxylic acids is 1. The highest BCUT2D eigenvalue weighted by Crippen LogP contribution is 2.32. The quantitative estimate of drug-likeness (QED) is 0.496. The van der Waals surface area contributed by atoms with Crippen molar-refractivity contribution in [1.29, 1.82) is 0 Å². The predicted molar refractivity (Wildman–Crippen MR) is 105 cm³/mol. The first-order chi connectivity index (χ1) is 12.4. The molecule has 26 heavy (non-hydrogen) atoms. The van der Waals surface area contributed by atoms with E-state index in [4.69, 9.17) is 23.2 Å². The number of nitro groups is 1. The average Bonchev–Trinajstić information content (AvgIpc) is 2.63. The summed E-state index contributed by atoms with van der Waals surface area (Å²) < 4.78 is 0.778. The topological polar surface area (TPSA) is 66.7 Å². The third kappa shape index (κ3) is 3.95. The zero-order chi connectivity index (χ0) is 18.8. The maximum absolute atomic E-state index is 12.7. The molecule has 3 rings (SSSR count). The second kappa shape index (κ2) is 7.82. The summed E-state index contributed by atoms with van der Waals surface area (Å²) in [5.74, 6) is -0.151. The van der Waals surface area contributed by atoms with Gasteiger partial charge >= 0.3 is 0 Å². The van der Waals surface area contributed by atoms with Gasteiger partial charge < -0.3 is 9.80 Å². The molecule has 0 unspecified atom stereocenters. The van der Waals surface area contributed by atoms with Crippen LogP contribution < -0.4 is 4.90 Å². The zero-order valence-corrected chi connectivity index (χ0v) is 16.6. The number of rotatable bonds is 3. The monoisotopic (exact) mass is 457 g/mol. The highest BCUT2D eigenvalue weighted by Gasteiger charge is 2.27. The van der Waals surface area contributed by atoms with E-state index in [1.54, 1.807) is 35.2 Å². The van der Waals surface area contributed by atoms with Crippen LogP contribution in [0.3, 0.4) is 0 Å². The van der Waals surface area contributed by atoms with Crippen molar-refractivity contribution in [3.63, 3.8) is 0 Å². The lowest BCUT2D eigenvalue weighted by Crippen LogP contribution is -2.49. The molecule has 2 aromatic rings. The van der Waals surface area contributed by atoms with Crippen molar-refractivity contribution in [2.75, 3.05) is 31.1 Å². The number of hydrogen-bond acceptors (Lipinski definition) is 4. The van der Waals surface area contributed by atoms with E-state index in [1.807, 2.05) is 4.90 Å². The van der Waals surface area contributed by atoms with E-state index in [1.165, 1.54) is 6.07 Å². The van der Waals surface area contributed by atoms with Crippen molar-refractivity contribution < 1.29 is 9.72 Å². The lowest BCUT2D eigenvalue weighted by atomic mass is 10.1. The highest BCUT2D eigenvalue weighted by atomic mass is 79.9. The Balaban J connectivity index is 1.75. The Kier molecular flexibility index (Phi) is 5.70. The molecule has 1 saturated heterocycles. The van der Waals surface area contributed by atoms with Crippen LogP contribution in [0.15, 0.2) is 40.9 Å². The molecular weight excluding hydrogens is 445 g/mol. The lowest BCUT2D eigenvalue weighted by molar-refractivity contribution is -0.384. The van der Waals surface area contributed by atoms with Crippen molar-refractivity contribution in [3.05, 3.63) is 66.6 Å². The Hall–Kier alpha value is -1.83. The van der Waals surface area contributed by atoms with Crippen LogP contribution >= 0.6 is 39.1 Å². The minimum Gasteiger partial charge on any atom is -0.362 e. The Morgan fingerprint density at radius 1 is 1.08 bits per heavy atom. The van der Waals surface area contributed by atoms with Crippen molar-refractivity contribution in [2.24, 2.45) is 0 Å². The Morgan fingerprint density at radius 2 is 1.77 bits per heavy atom. The summed E-state index contributed by atoms with van der Waals surface area (Å²) in [5, 5.41) is 12.0. The van der Waals surface area contributed by atoms with Crippen LogP contribution in [0.4, 0.5) is 11.4 Å². The molecule has 1 heterocycles. The number of piperazine rings is 1. The predicted octanol–water partition coefficient (Wildman–Crippen LogP) is 4.63. The number of benzene rings is 2. The molecule has 1 amide bonds. The van der Waals surface area contributed by atoms with Crippen molar-refractivity contribution in [2.45, 2.75) is 0 Å². The van der Waals surface area contributed by atoms with Crippen LogP contribution in [0, 0.1) is 10.1 Å². The van der Waals surface area contributed by atoms with Gasteiger partial charge in [0.1, 0.15) is 5.69 Å². The summed E-state index contributed by atoms with van der Waals surface area (Å²) in [7, 11) is 0. The van der Waals surface area contributed by atoms with Crippen molar-refractivity contribution in [1.82, 2.24) is 4.90 Å². The molecule has 0 aromatic heterocycles. The molecular formula is C17H14BrCl2N3O3. The number of carbonyl (C=O) groups is 1. The molecule has 136 valence electrons. The molecule has 0 atom stereocenters. The van der Waals surface area contributed by atoms with Gasteiger partial charge in [0.15, 0.2) is 0 Å². The van der Waals surface area contributed by atoms with Gasteiger partial charge in [-0.3, -0.25) is 14.9 Å². The number of nitro benzene ring substituents is 1. The maximum Gasteiger partial charge on any atom is 0.294 e. The lowest BCUT2D eigenvalue weighted by Gasteiger charge is -2.36. The van der Waals surface area contributed by atoms with Crippen LogP contribution in [0.5, 0.6) is 0 Å². The van der Waals surface area contributed by atoms with Gasteiger partial charge in [-0.25, -0.2) is 0 Å². The van der Waals surface area contributed by atoms with Gasteiger partial charge in [-0.2, -0.15) is 0 Å². The third-order valence-electron chi connectivity index (χ3n) is 4.20. The summed E-state index contributed by atoms with van der Waals surface area (Å²) in [6, 6.07) is 9.76. The Morgan fingerprint density at radius 3 is 2.42 bits per heavy atom. The van der Waals surface area contributed by atoms with Gasteiger partial charge in [0.2, 0.25) is 0 Å². The molecule has 1 fully saturated rings. The molecule has 0 saturated carbocycles. The summed E-state index contributed by atoms with van der Waals surface area (Å²) in [6.45, 7) is 1.86. The van der Waals surface area contributed by atoms with E-state index in [-0.39, 0.29) is 11.6 Å². The molecule has 1 aliphatic rings. The molecule has 1 aliphatic heterocycles. The maximum atomic E-state index is 12.7. The molecule has 0 bridgehead atoms. The third-order valence-corrected chi connectivity index (χ3v) is 5.26. The van der Waals surface area contributed by atoms with Gasteiger partial charge in [-0.05, 0) is 30.3 Å². The summed E-state index contributed by atoms with van der Waals surface area (Å²) in [6.07, 6.45) is 0. The second-order valence-electron chi connectivity index (χ2n) is 5.79. The van der Waals surface area contributed by atoms with Gasteiger partial charge in [-0.1, -0.05) is 39.1 Å². The van der Waals surface area contributed by atoms with Crippen LogP contribution in [0.25, 0.3) is 0 Å². The number of amides is 1. The summed E-state index contributed by atoms with van der Waals surface area (Å²) >= 11 is 15.4. The first kappa shape index (κ1) is 18.9. The van der Waals surface area contributed by atoms with Gasteiger partial charge in [0.05, 0.1) is 15.5 Å². The first-order valence-electron chi connectivity index (χ1n) is 7.80. The van der Waals surface area contributed by atoms with E-state index < -0.39 is 4.92 Å². The molecule has 0 aliphatic carbocycles. The molecule has 6 nitrogen and oxygen atoms in total. The van der Waals surface area contributed by atoms with E-state index in [2.05, 4.69) is 15.9 Å². The summed E-state index contributed by atoms with van der Waals surface area (Å²) in [4.78, 5) is 27.1. The number of anilines is 1. The van der Waals surface area contributed by atoms with E-state index in [0.29, 0.717) is 47.5 Å². The first-order valence-corrected chi connectivity index (χ1v) is 9.35. The number of halogens is 3.